The van der Waals surface area contributed by atoms with Crippen LogP contribution in [0.3, 0.4) is 0 Å². The number of benzene rings is 3. The molecule has 3 aromatic carbocycles. The third kappa shape index (κ3) is 6.02. The third-order valence-corrected chi connectivity index (χ3v) is 4.83. The van der Waals surface area contributed by atoms with Crippen molar-refractivity contribution in [3.8, 4) is 11.5 Å². The average Bonchev–Trinajstić information content (AvgIpc) is 2.71. The molecule has 154 valence electrons. The maximum atomic E-state index is 12.2. The number of halogens is 2. The zero-order valence-corrected chi connectivity index (χ0v) is 18.1. The van der Waals surface area contributed by atoms with Crippen LogP contribution in [0, 0.1) is 6.92 Å². The summed E-state index contributed by atoms with van der Waals surface area (Å²) in [4.78, 5) is 12.2. The van der Waals surface area contributed by atoms with E-state index in [-0.39, 0.29) is 5.91 Å². The van der Waals surface area contributed by atoms with E-state index in [1.165, 1.54) is 11.6 Å². The average molecular weight is 442 g/mol. The summed E-state index contributed by atoms with van der Waals surface area (Å²) in [7, 11) is 1.58. The molecule has 3 aromatic rings. The van der Waals surface area contributed by atoms with Crippen LogP contribution in [0.2, 0.25) is 10.0 Å². The van der Waals surface area contributed by atoms with Crippen molar-refractivity contribution >= 4 is 40.9 Å². The molecule has 0 unspecified atom stereocenters. The number of carbonyl (C=O) groups excluding carboxylic acids is 1. The maximum Gasteiger partial charge on any atom is 0.248 e. The molecule has 3 rings (SSSR count). The van der Waals surface area contributed by atoms with Gasteiger partial charge >= 0.3 is 0 Å². The van der Waals surface area contributed by atoms with Crippen LogP contribution in [0.5, 0.6) is 11.5 Å². The fourth-order valence-corrected chi connectivity index (χ4v) is 3.34. The molecular weight excluding hydrogens is 421 g/mol. The molecule has 0 bridgehead atoms. The predicted molar refractivity (Wildman–Crippen MR) is 123 cm³/mol. The second kappa shape index (κ2) is 10.2. The minimum atomic E-state index is -0.299. The van der Waals surface area contributed by atoms with Gasteiger partial charge in [0.15, 0.2) is 11.5 Å². The fraction of sp³-hybridized carbons (Fsp3) is 0.125. The van der Waals surface area contributed by atoms with Gasteiger partial charge < -0.3 is 14.8 Å². The van der Waals surface area contributed by atoms with Crippen molar-refractivity contribution in [2.24, 2.45) is 0 Å². The van der Waals surface area contributed by atoms with E-state index in [4.69, 9.17) is 32.7 Å². The molecule has 0 spiro atoms. The summed E-state index contributed by atoms with van der Waals surface area (Å²) in [5.74, 6) is 0.927. The summed E-state index contributed by atoms with van der Waals surface area (Å²) in [6.07, 6.45) is 3.12. The number of hydrogen-bond donors (Lipinski definition) is 1. The van der Waals surface area contributed by atoms with Gasteiger partial charge in [-0.2, -0.15) is 0 Å². The standard InChI is InChI=1S/C24H21Cl2NO3/c1-16-5-3-4-6-18(16)15-30-22-9-7-17(11-23(22)29-2)8-10-24(28)27-21-13-19(25)12-20(26)14-21/h3-14H,15H2,1-2H3,(H,27,28)/b10-8+. The highest BCUT2D eigenvalue weighted by Gasteiger charge is 2.07. The van der Waals surface area contributed by atoms with Gasteiger partial charge in [-0.25, -0.2) is 0 Å². The molecule has 0 saturated heterocycles. The Morgan fingerprint density at radius 2 is 1.73 bits per heavy atom. The van der Waals surface area contributed by atoms with E-state index in [1.54, 1.807) is 31.4 Å². The van der Waals surface area contributed by atoms with Crippen LogP contribution in [0.15, 0.2) is 66.7 Å². The lowest BCUT2D eigenvalue weighted by atomic mass is 10.1. The van der Waals surface area contributed by atoms with E-state index in [9.17, 15) is 4.79 Å². The normalized spacial score (nSPS) is 10.8. The van der Waals surface area contributed by atoms with Crippen LogP contribution < -0.4 is 14.8 Å². The van der Waals surface area contributed by atoms with E-state index in [2.05, 4.69) is 5.32 Å². The molecule has 0 aliphatic heterocycles. The molecule has 0 saturated carbocycles. The molecule has 0 aliphatic carbocycles. The maximum absolute atomic E-state index is 12.2. The van der Waals surface area contributed by atoms with E-state index in [0.717, 1.165) is 11.1 Å². The molecular formula is C24H21Cl2NO3. The van der Waals surface area contributed by atoms with Crippen molar-refractivity contribution in [1.82, 2.24) is 0 Å². The molecule has 0 atom stereocenters. The lowest BCUT2D eigenvalue weighted by Crippen LogP contribution is -2.07. The molecule has 6 heteroatoms. The zero-order valence-electron chi connectivity index (χ0n) is 16.6. The number of anilines is 1. The van der Waals surface area contributed by atoms with Crippen molar-refractivity contribution in [3.05, 3.63) is 93.5 Å². The molecule has 4 nitrogen and oxygen atoms in total. The summed E-state index contributed by atoms with van der Waals surface area (Å²) in [6.45, 7) is 2.50. The van der Waals surface area contributed by atoms with Crippen LogP contribution in [0.1, 0.15) is 16.7 Å². The Morgan fingerprint density at radius 3 is 2.43 bits per heavy atom. The number of ether oxygens (including phenoxy) is 2. The Balaban J connectivity index is 1.66. The highest BCUT2D eigenvalue weighted by atomic mass is 35.5. The van der Waals surface area contributed by atoms with Gasteiger partial charge in [-0.3, -0.25) is 4.79 Å². The first-order valence-corrected chi connectivity index (χ1v) is 10.0. The van der Waals surface area contributed by atoms with Gasteiger partial charge in [-0.15, -0.1) is 0 Å². The summed E-state index contributed by atoms with van der Waals surface area (Å²) in [5, 5.41) is 3.63. The first-order chi connectivity index (χ1) is 14.4. The van der Waals surface area contributed by atoms with Gasteiger partial charge in [0.25, 0.3) is 0 Å². The smallest absolute Gasteiger partial charge is 0.248 e. The van der Waals surface area contributed by atoms with E-state index in [0.29, 0.717) is 33.8 Å². The minimum Gasteiger partial charge on any atom is -0.493 e. The van der Waals surface area contributed by atoms with Crippen molar-refractivity contribution in [3.63, 3.8) is 0 Å². The number of carbonyl (C=O) groups is 1. The first kappa shape index (κ1) is 21.8. The zero-order chi connectivity index (χ0) is 21.5. The number of rotatable bonds is 7. The summed E-state index contributed by atoms with van der Waals surface area (Å²) in [6, 6.07) is 18.4. The van der Waals surface area contributed by atoms with Gasteiger partial charge in [0, 0.05) is 21.8 Å². The molecule has 0 aliphatic rings. The van der Waals surface area contributed by atoms with Crippen LogP contribution in [0.25, 0.3) is 6.08 Å². The molecule has 1 N–H and O–H groups in total. The quantitative estimate of drug-likeness (QED) is 0.423. The van der Waals surface area contributed by atoms with Gasteiger partial charge in [0.1, 0.15) is 6.61 Å². The first-order valence-electron chi connectivity index (χ1n) is 9.25. The molecule has 0 aromatic heterocycles. The minimum absolute atomic E-state index is 0.299. The SMILES string of the molecule is COc1cc(/C=C/C(=O)Nc2cc(Cl)cc(Cl)c2)ccc1OCc1ccccc1C. The van der Waals surface area contributed by atoms with Crippen LogP contribution in [0.4, 0.5) is 5.69 Å². The Kier molecular flexibility index (Phi) is 7.39. The number of methoxy groups -OCH3 is 1. The summed E-state index contributed by atoms with van der Waals surface area (Å²) in [5.41, 5.74) is 3.61. The molecule has 0 fully saturated rings. The Bertz CT molecular complexity index is 1060. The highest BCUT2D eigenvalue weighted by molar-refractivity contribution is 6.35. The summed E-state index contributed by atoms with van der Waals surface area (Å²) >= 11 is 11.9. The van der Waals surface area contributed by atoms with E-state index >= 15 is 0 Å². The van der Waals surface area contributed by atoms with Gasteiger partial charge in [-0.1, -0.05) is 53.5 Å². The van der Waals surface area contributed by atoms with E-state index in [1.807, 2.05) is 49.4 Å². The topological polar surface area (TPSA) is 47.6 Å². The summed E-state index contributed by atoms with van der Waals surface area (Å²) < 4.78 is 11.4. The molecule has 0 heterocycles. The van der Waals surface area contributed by atoms with E-state index < -0.39 is 0 Å². The number of nitrogens with one attached hydrogen (secondary N) is 1. The van der Waals surface area contributed by atoms with Crippen LogP contribution in [-0.4, -0.2) is 13.0 Å². The molecule has 0 radical (unpaired) electrons. The van der Waals surface area contributed by atoms with Gasteiger partial charge in [0.2, 0.25) is 5.91 Å². The predicted octanol–water partition coefficient (Wildman–Crippen LogP) is 6.54. The van der Waals surface area contributed by atoms with Crippen molar-refractivity contribution in [2.45, 2.75) is 13.5 Å². The Morgan fingerprint density at radius 1 is 1.00 bits per heavy atom. The molecule has 30 heavy (non-hydrogen) atoms. The lowest BCUT2D eigenvalue weighted by molar-refractivity contribution is -0.111. The molecule has 1 amide bonds. The largest absolute Gasteiger partial charge is 0.493 e. The number of aryl methyl sites for hydroxylation is 1. The fourth-order valence-electron chi connectivity index (χ4n) is 2.82. The van der Waals surface area contributed by atoms with Crippen LogP contribution in [-0.2, 0) is 11.4 Å². The highest BCUT2D eigenvalue weighted by Crippen LogP contribution is 2.29. The monoisotopic (exact) mass is 441 g/mol. The lowest BCUT2D eigenvalue weighted by Gasteiger charge is -2.12. The van der Waals surface area contributed by atoms with Gasteiger partial charge in [0.05, 0.1) is 7.11 Å². The number of amides is 1. The Labute approximate surface area is 186 Å². The van der Waals surface area contributed by atoms with Crippen LogP contribution >= 0.6 is 23.2 Å². The second-order valence-electron chi connectivity index (χ2n) is 6.61. The van der Waals surface area contributed by atoms with Crippen molar-refractivity contribution in [2.75, 3.05) is 12.4 Å². The van der Waals surface area contributed by atoms with Crippen molar-refractivity contribution in [1.29, 1.82) is 0 Å². The van der Waals surface area contributed by atoms with Crippen molar-refractivity contribution < 1.29 is 14.3 Å². The van der Waals surface area contributed by atoms with Gasteiger partial charge in [-0.05, 0) is 60.0 Å². The Hall–Kier alpha value is -2.95. The second-order valence-corrected chi connectivity index (χ2v) is 7.48. The number of hydrogen-bond acceptors (Lipinski definition) is 3. The third-order valence-electron chi connectivity index (χ3n) is 4.39.